The number of amides is 2. The summed E-state index contributed by atoms with van der Waals surface area (Å²) in [6.07, 6.45) is 2.49. The lowest BCUT2D eigenvalue weighted by Gasteiger charge is -2.26. The smallest absolute Gasteiger partial charge is 0.290 e. The van der Waals surface area contributed by atoms with Crippen LogP contribution in [0.3, 0.4) is 0 Å². The average molecular weight is 378 g/mol. The molecule has 1 saturated heterocycles. The molecule has 0 bridgehead atoms. The summed E-state index contributed by atoms with van der Waals surface area (Å²) in [5, 5.41) is 2.91. The Kier molecular flexibility index (Phi) is 5.34. The maximum atomic E-state index is 12.9. The van der Waals surface area contributed by atoms with Crippen molar-refractivity contribution in [2.24, 2.45) is 0 Å². The number of fused-ring (bicyclic) bond motifs is 1. The third-order valence-electron chi connectivity index (χ3n) is 4.80. The standard InChI is InChI=1S/C21H22N4O3/c26-20(22-10-9-16-6-2-1-3-7-16)18-17-8-4-5-11-25(17)19(23-18)21(27)24-12-14-28-15-13-24/h1-8,11H,9-10,12-15H2,(H,22,26). The van der Waals surface area contributed by atoms with E-state index >= 15 is 0 Å². The first-order valence-electron chi connectivity index (χ1n) is 9.40. The summed E-state index contributed by atoms with van der Waals surface area (Å²) < 4.78 is 7.00. The van der Waals surface area contributed by atoms with Gasteiger partial charge in [0.05, 0.1) is 18.7 Å². The Bertz CT molecular complexity index is 978. The first kappa shape index (κ1) is 18.2. The molecule has 7 nitrogen and oxygen atoms in total. The molecule has 0 radical (unpaired) electrons. The molecule has 3 heterocycles. The number of carbonyl (C=O) groups is 2. The lowest BCUT2D eigenvalue weighted by Crippen LogP contribution is -2.41. The highest BCUT2D eigenvalue weighted by Crippen LogP contribution is 2.15. The molecule has 3 aromatic rings. The molecule has 0 spiro atoms. The number of rotatable bonds is 5. The van der Waals surface area contributed by atoms with Crippen LogP contribution in [0, 0.1) is 0 Å². The molecule has 0 atom stereocenters. The number of benzene rings is 1. The van der Waals surface area contributed by atoms with Crippen LogP contribution >= 0.6 is 0 Å². The fourth-order valence-electron chi connectivity index (χ4n) is 3.31. The Morgan fingerprint density at radius 3 is 2.57 bits per heavy atom. The van der Waals surface area contributed by atoms with E-state index in [0.29, 0.717) is 38.4 Å². The van der Waals surface area contributed by atoms with Gasteiger partial charge in [-0.2, -0.15) is 0 Å². The van der Waals surface area contributed by atoms with Gasteiger partial charge in [0.25, 0.3) is 11.8 Å². The van der Waals surface area contributed by atoms with Crippen LogP contribution in [0.1, 0.15) is 26.7 Å². The van der Waals surface area contributed by atoms with Crippen LogP contribution in [0.15, 0.2) is 54.7 Å². The lowest BCUT2D eigenvalue weighted by atomic mass is 10.1. The van der Waals surface area contributed by atoms with Gasteiger partial charge in [-0.15, -0.1) is 0 Å². The van der Waals surface area contributed by atoms with E-state index in [0.717, 1.165) is 12.0 Å². The lowest BCUT2D eigenvalue weighted by molar-refractivity contribution is 0.0294. The first-order chi connectivity index (χ1) is 13.7. The van der Waals surface area contributed by atoms with Crippen molar-refractivity contribution >= 4 is 17.3 Å². The number of ether oxygens (including phenoxy) is 1. The topological polar surface area (TPSA) is 75.9 Å². The SMILES string of the molecule is O=C(NCCc1ccccc1)c1nc(C(=O)N2CCOCC2)n2ccccc12. The molecule has 2 aromatic heterocycles. The number of carbonyl (C=O) groups excluding carboxylic acids is 2. The molecule has 0 saturated carbocycles. The highest BCUT2D eigenvalue weighted by Gasteiger charge is 2.26. The predicted molar refractivity (Wildman–Crippen MR) is 104 cm³/mol. The van der Waals surface area contributed by atoms with Gasteiger partial charge in [0.2, 0.25) is 5.82 Å². The molecule has 1 aliphatic rings. The molecule has 1 N–H and O–H groups in total. The quantitative estimate of drug-likeness (QED) is 0.734. The number of hydrogen-bond donors (Lipinski definition) is 1. The Balaban J connectivity index is 1.53. The van der Waals surface area contributed by atoms with Gasteiger partial charge in [0.1, 0.15) is 0 Å². The van der Waals surface area contributed by atoms with Crippen molar-refractivity contribution in [2.75, 3.05) is 32.8 Å². The minimum absolute atomic E-state index is 0.187. The second-order valence-electron chi connectivity index (χ2n) is 6.64. The molecule has 144 valence electrons. The second-order valence-corrected chi connectivity index (χ2v) is 6.64. The Morgan fingerprint density at radius 1 is 1.04 bits per heavy atom. The van der Waals surface area contributed by atoms with E-state index < -0.39 is 0 Å². The first-order valence-corrected chi connectivity index (χ1v) is 9.40. The molecule has 0 aliphatic carbocycles. The van der Waals surface area contributed by atoms with E-state index in [9.17, 15) is 9.59 Å². The maximum absolute atomic E-state index is 12.9. The van der Waals surface area contributed by atoms with Gasteiger partial charge in [-0.1, -0.05) is 36.4 Å². The van der Waals surface area contributed by atoms with Crippen molar-refractivity contribution in [3.63, 3.8) is 0 Å². The number of hydrogen-bond acceptors (Lipinski definition) is 4. The Hall–Kier alpha value is -3.19. The zero-order valence-corrected chi connectivity index (χ0v) is 15.5. The minimum Gasteiger partial charge on any atom is -0.378 e. The van der Waals surface area contributed by atoms with Crippen LogP contribution < -0.4 is 5.32 Å². The van der Waals surface area contributed by atoms with Crippen molar-refractivity contribution in [1.29, 1.82) is 0 Å². The summed E-state index contributed by atoms with van der Waals surface area (Å²) >= 11 is 0. The third-order valence-corrected chi connectivity index (χ3v) is 4.80. The van der Waals surface area contributed by atoms with E-state index in [2.05, 4.69) is 10.3 Å². The molecule has 28 heavy (non-hydrogen) atoms. The van der Waals surface area contributed by atoms with Gasteiger partial charge in [0, 0.05) is 25.8 Å². The number of imidazole rings is 1. The zero-order valence-electron chi connectivity index (χ0n) is 15.5. The molecule has 7 heteroatoms. The Labute approximate surface area is 162 Å². The molecule has 2 amide bonds. The highest BCUT2D eigenvalue weighted by atomic mass is 16.5. The zero-order chi connectivity index (χ0) is 19.3. The number of morpholine rings is 1. The summed E-state index contributed by atoms with van der Waals surface area (Å²) in [5.74, 6) is -0.209. The van der Waals surface area contributed by atoms with E-state index in [1.54, 1.807) is 21.6 Å². The molecule has 1 aromatic carbocycles. The second kappa shape index (κ2) is 8.22. The van der Waals surface area contributed by atoms with Crippen molar-refractivity contribution in [1.82, 2.24) is 19.6 Å². The van der Waals surface area contributed by atoms with Crippen molar-refractivity contribution in [3.05, 3.63) is 71.8 Å². The minimum atomic E-state index is -0.277. The molecule has 4 rings (SSSR count). The van der Waals surface area contributed by atoms with Crippen molar-refractivity contribution in [3.8, 4) is 0 Å². The van der Waals surface area contributed by atoms with Crippen LogP contribution in [0.5, 0.6) is 0 Å². The molecule has 1 aliphatic heterocycles. The van der Waals surface area contributed by atoms with Crippen LogP contribution in [0.2, 0.25) is 0 Å². The van der Waals surface area contributed by atoms with E-state index in [4.69, 9.17) is 4.74 Å². The van der Waals surface area contributed by atoms with E-state index in [1.807, 2.05) is 42.5 Å². The molecule has 1 fully saturated rings. The highest BCUT2D eigenvalue weighted by molar-refractivity contribution is 6.02. The van der Waals surface area contributed by atoms with Gasteiger partial charge >= 0.3 is 0 Å². The van der Waals surface area contributed by atoms with Gasteiger partial charge < -0.3 is 15.0 Å². The molecule has 0 unspecified atom stereocenters. The number of aromatic nitrogens is 2. The monoisotopic (exact) mass is 378 g/mol. The van der Waals surface area contributed by atoms with Crippen LogP contribution in [-0.4, -0.2) is 58.9 Å². The third kappa shape index (κ3) is 3.75. The van der Waals surface area contributed by atoms with Crippen molar-refractivity contribution in [2.45, 2.75) is 6.42 Å². The number of nitrogens with zero attached hydrogens (tertiary/aromatic N) is 3. The summed E-state index contributed by atoms with van der Waals surface area (Å²) in [6.45, 7) is 2.59. The summed E-state index contributed by atoms with van der Waals surface area (Å²) in [4.78, 5) is 31.8. The molecular weight excluding hydrogens is 356 g/mol. The van der Waals surface area contributed by atoms with Crippen molar-refractivity contribution < 1.29 is 14.3 Å². The summed E-state index contributed by atoms with van der Waals surface area (Å²) in [7, 11) is 0. The number of nitrogens with one attached hydrogen (secondary N) is 1. The fourth-order valence-corrected chi connectivity index (χ4v) is 3.31. The largest absolute Gasteiger partial charge is 0.378 e. The summed E-state index contributed by atoms with van der Waals surface area (Å²) in [6, 6.07) is 15.4. The van der Waals surface area contributed by atoms with Gasteiger partial charge in [-0.25, -0.2) is 4.98 Å². The van der Waals surface area contributed by atoms with E-state index in [1.165, 1.54) is 0 Å². The van der Waals surface area contributed by atoms with Crippen LogP contribution in [0.4, 0.5) is 0 Å². The average Bonchev–Trinajstić information content (AvgIpc) is 3.14. The van der Waals surface area contributed by atoms with Crippen LogP contribution in [0.25, 0.3) is 5.52 Å². The van der Waals surface area contributed by atoms with Gasteiger partial charge in [-0.3, -0.25) is 14.0 Å². The fraction of sp³-hybridized carbons (Fsp3) is 0.286. The maximum Gasteiger partial charge on any atom is 0.290 e. The molecular formula is C21H22N4O3. The number of pyridine rings is 1. The van der Waals surface area contributed by atoms with E-state index in [-0.39, 0.29) is 23.3 Å². The van der Waals surface area contributed by atoms with Crippen LogP contribution in [-0.2, 0) is 11.2 Å². The van der Waals surface area contributed by atoms with Gasteiger partial charge in [-0.05, 0) is 24.1 Å². The normalized spacial score (nSPS) is 14.2. The summed E-state index contributed by atoms with van der Waals surface area (Å²) in [5.41, 5.74) is 2.04. The Morgan fingerprint density at radius 2 is 1.79 bits per heavy atom. The van der Waals surface area contributed by atoms with Gasteiger partial charge in [0.15, 0.2) is 5.69 Å². The predicted octanol–water partition coefficient (Wildman–Crippen LogP) is 1.78.